The molecule has 0 saturated carbocycles. The maximum absolute atomic E-state index is 9.01. The molecule has 0 atom stereocenters. The van der Waals surface area contributed by atoms with E-state index in [-0.39, 0.29) is 31.0 Å². The van der Waals surface area contributed by atoms with Crippen LogP contribution in [0.25, 0.3) is 0 Å². The van der Waals surface area contributed by atoms with Crippen molar-refractivity contribution in [2.24, 2.45) is 0 Å². The van der Waals surface area contributed by atoms with Crippen molar-refractivity contribution in [1.29, 1.82) is 0 Å². The van der Waals surface area contributed by atoms with E-state index in [4.69, 9.17) is 20.4 Å². The fraction of sp³-hybridized carbons (Fsp3) is 1.00. The van der Waals surface area contributed by atoms with Crippen molar-refractivity contribution in [3.63, 3.8) is 0 Å². The van der Waals surface area contributed by atoms with Gasteiger partial charge in [-0.1, -0.05) is 0 Å². The Balaban J connectivity index is 4.06. The van der Waals surface area contributed by atoms with Crippen molar-refractivity contribution in [1.82, 2.24) is 0 Å². The molecule has 4 N–H and O–H groups in total. The van der Waals surface area contributed by atoms with E-state index in [1.807, 2.05) is 0 Å². The van der Waals surface area contributed by atoms with Gasteiger partial charge >= 0.3 is 0 Å². The van der Waals surface area contributed by atoms with Gasteiger partial charge in [-0.3, -0.25) is 4.48 Å². The molecule has 0 aromatic carbocycles. The Labute approximate surface area is 72.1 Å². The van der Waals surface area contributed by atoms with Gasteiger partial charge in [0.1, 0.15) is 19.6 Å². The van der Waals surface area contributed by atoms with E-state index in [0.29, 0.717) is 19.6 Å². The predicted octanol–water partition coefficient (Wildman–Crippen LogP) is -2.27. The minimum atomic E-state index is -0.165. The van der Waals surface area contributed by atoms with Crippen molar-refractivity contribution in [2.75, 3.05) is 46.2 Å². The third kappa shape index (κ3) is 3.46. The summed E-state index contributed by atoms with van der Waals surface area (Å²) >= 11 is 0. The predicted molar refractivity (Wildman–Crippen MR) is 43.2 cm³/mol. The largest absolute Gasteiger partial charge is 0.391 e. The maximum atomic E-state index is 9.01. The van der Waals surface area contributed by atoms with E-state index in [2.05, 4.69) is 0 Å². The highest BCUT2D eigenvalue weighted by Gasteiger charge is 2.24. The lowest BCUT2D eigenvalue weighted by atomic mass is 10.3. The molecule has 0 heterocycles. The highest BCUT2D eigenvalue weighted by atomic mass is 16.3. The van der Waals surface area contributed by atoms with Crippen molar-refractivity contribution in [3.05, 3.63) is 0 Å². The minimum absolute atomic E-state index is 0.0550. The maximum Gasteiger partial charge on any atom is 0.180 e. The van der Waals surface area contributed by atoms with Gasteiger partial charge in [0.05, 0.1) is 19.8 Å². The monoisotopic (exact) mass is 180 g/mol. The highest BCUT2D eigenvalue weighted by molar-refractivity contribution is 4.39. The summed E-state index contributed by atoms with van der Waals surface area (Å²) in [6, 6.07) is 0. The highest BCUT2D eigenvalue weighted by Crippen LogP contribution is 2.03. The number of quaternary nitrogens is 1. The zero-order chi connectivity index (χ0) is 9.45. The lowest BCUT2D eigenvalue weighted by Crippen LogP contribution is -2.53. The Morgan fingerprint density at radius 1 is 0.667 bits per heavy atom. The third-order valence-electron chi connectivity index (χ3n) is 2.02. The first-order valence-corrected chi connectivity index (χ1v) is 4.03. The first-order valence-electron chi connectivity index (χ1n) is 4.03. The molecule has 12 heavy (non-hydrogen) atoms. The molecule has 0 aromatic rings. The summed E-state index contributed by atoms with van der Waals surface area (Å²) < 4.78 is 0.156. The molecule has 0 fully saturated rings. The summed E-state index contributed by atoms with van der Waals surface area (Å²) in [6.45, 7) is 0.746. The molecule has 0 aliphatic rings. The molecule has 0 amide bonds. The van der Waals surface area contributed by atoms with Gasteiger partial charge in [0.25, 0.3) is 0 Å². The first kappa shape index (κ1) is 11.8. The molecule has 0 spiro atoms. The number of hydrogen-bond acceptors (Lipinski definition) is 4. The molecule has 74 valence electrons. The van der Waals surface area contributed by atoms with E-state index in [1.54, 1.807) is 0 Å². The Morgan fingerprint density at radius 3 is 1.17 bits per heavy atom. The average Bonchev–Trinajstić information content (AvgIpc) is 2.06. The van der Waals surface area contributed by atoms with Gasteiger partial charge in [-0.05, 0) is 0 Å². The van der Waals surface area contributed by atoms with Crippen LogP contribution in [0, 0.1) is 0 Å². The van der Waals surface area contributed by atoms with E-state index in [0.717, 1.165) is 0 Å². The fourth-order valence-electron chi connectivity index (χ4n) is 1.18. The second-order valence-corrected chi connectivity index (χ2v) is 2.82. The topological polar surface area (TPSA) is 80.9 Å². The molecule has 0 bridgehead atoms. The van der Waals surface area contributed by atoms with Crippen LogP contribution in [0.4, 0.5) is 0 Å². The summed E-state index contributed by atoms with van der Waals surface area (Å²) in [5.74, 6) is 0. The van der Waals surface area contributed by atoms with Crippen LogP contribution in [0.2, 0.25) is 0 Å². The first-order chi connectivity index (χ1) is 5.74. The number of nitrogens with zero attached hydrogens (tertiary/aromatic N) is 1. The summed E-state index contributed by atoms with van der Waals surface area (Å²) in [5, 5.41) is 35.1. The summed E-state index contributed by atoms with van der Waals surface area (Å²) in [6.07, 6.45) is 0. The molecule has 5 nitrogen and oxygen atoms in total. The van der Waals surface area contributed by atoms with Crippen molar-refractivity contribution in [2.45, 2.75) is 0 Å². The molecule has 0 radical (unpaired) electrons. The van der Waals surface area contributed by atoms with Gasteiger partial charge < -0.3 is 20.4 Å². The molecule has 0 saturated heterocycles. The summed E-state index contributed by atoms with van der Waals surface area (Å²) in [5.41, 5.74) is 0. The van der Waals surface area contributed by atoms with Gasteiger partial charge in [-0.15, -0.1) is 0 Å². The molecular formula is C7H18NO4+. The molecule has 5 heteroatoms. The van der Waals surface area contributed by atoms with Crippen LogP contribution in [-0.2, 0) is 0 Å². The van der Waals surface area contributed by atoms with E-state index in [1.165, 1.54) is 0 Å². The summed E-state index contributed by atoms with van der Waals surface area (Å²) in [4.78, 5) is 0. The fourth-order valence-corrected chi connectivity index (χ4v) is 1.18. The van der Waals surface area contributed by atoms with Gasteiger partial charge in [0, 0.05) is 0 Å². The molecule has 0 rings (SSSR count). The number of rotatable bonds is 7. The lowest BCUT2D eigenvalue weighted by molar-refractivity contribution is -0.945. The van der Waals surface area contributed by atoms with Crippen LogP contribution in [0.1, 0.15) is 0 Å². The Bertz CT molecular complexity index is 92.6. The van der Waals surface area contributed by atoms with Crippen LogP contribution < -0.4 is 0 Å². The van der Waals surface area contributed by atoms with Crippen molar-refractivity contribution in [3.8, 4) is 0 Å². The smallest absolute Gasteiger partial charge is 0.180 e. The third-order valence-corrected chi connectivity index (χ3v) is 2.02. The Kier molecular flexibility index (Phi) is 6.23. The standard InChI is InChI=1S/C7H18NO4/c9-4-1-8(7-12,2-5-10)3-6-11/h9-12H,1-7H2/q+1. The zero-order valence-electron chi connectivity index (χ0n) is 7.19. The normalized spacial score (nSPS) is 12.0. The Morgan fingerprint density at radius 2 is 1.00 bits per heavy atom. The van der Waals surface area contributed by atoms with Gasteiger partial charge in [0.2, 0.25) is 0 Å². The van der Waals surface area contributed by atoms with Crippen molar-refractivity contribution >= 4 is 0 Å². The quantitative estimate of drug-likeness (QED) is 0.263. The average molecular weight is 180 g/mol. The van der Waals surface area contributed by atoms with E-state index >= 15 is 0 Å². The van der Waals surface area contributed by atoms with Gasteiger partial charge in [-0.25, -0.2) is 0 Å². The SMILES string of the molecule is OCC[N+](CO)(CCO)CCO. The summed E-state index contributed by atoms with van der Waals surface area (Å²) in [7, 11) is 0. The van der Waals surface area contributed by atoms with Crippen LogP contribution in [0.15, 0.2) is 0 Å². The Hall–Kier alpha value is -0.200. The van der Waals surface area contributed by atoms with Crippen LogP contribution in [-0.4, -0.2) is 71.1 Å². The molecule has 0 unspecified atom stereocenters. The number of aliphatic hydroxyl groups is 4. The number of aliphatic hydroxyl groups excluding tert-OH is 4. The lowest BCUT2D eigenvalue weighted by Gasteiger charge is -2.34. The van der Waals surface area contributed by atoms with Crippen LogP contribution in [0.3, 0.4) is 0 Å². The van der Waals surface area contributed by atoms with Crippen LogP contribution in [0.5, 0.6) is 0 Å². The van der Waals surface area contributed by atoms with Crippen LogP contribution >= 0.6 is 0 Å². The van der Waals surface area contributed by atoms with Gasteiger partial charge in [0.15, 0.2) is 6.73 Å². The van der Waals surface area contributed by atoms with E-state index in [9.17, 15) is 0 Å². The molecule has 0 aromatic heterocycles. The zero-order valence-corrected chi connectivity index (χ0v) is 7.19. The second kappa shape index (κ2) is 6.33. The van der Waals surface area contributed by atoms with Crippen molar-refractivity contribution < 1.29 is 24.9 Å². The van der Waals surface area contributed by atoms with E-state index < -0.39 is 0 Å². The minimum Gasteiger partial charge on any atom is -0.391 e. The van der Waals surface area contributed by atoms with Gasteiger partial charge in [-0.2, -0.15) is 0 Å². The molecule has 0 aliphatic heterocycles. The molecular weight excluding hydrogens is 162 g/mol. The second-order valence-electron chi connectivity index (χ2n) is 2.82. The number of hydrogen-bond donors (Lipinski definition) is 4. The molecule has 0 aliphatic carbocycles.